The number of benzene rings is 10. The molecule has 2 aliphatic carbocycles. The van der Waals surface area contributed by atoms with Gasteiger partial charge in [-0.05, 0) is 127 Å². The second-order valence-electron chi connectivity index (χ2n) is 16.4. The largest absolute Gasteiger partial charge is 0.311 e. The number of nitrogens with zero attached hydrogens (tertiary/aromatic N) is 2. The van der Waals surface area contributed by atoms with Crippen LogP contribution in [0.4, 0.5) is 17.1 Å². The molecule has 13 rings (SSSR count). The van der Waals surface area contributed by atoms with Crippen LogP contribution >= 0.6 is 0 Å². The van der Waals surface area contributed by atoms with E-state index in [9.17, 15) is 0 Å². The lowest BCUT2D eigenvalue weighted by Crippen LogP contribution is -2.30. The molecule has 1 spiro atoms. The monoisotopic (exact) mass is 774 g/mol. The SMILES string of the molecule is c1ccc(N(c2ccccc2)c2ccc(-c3ccc(-c4ccc5c6c4ccc4c6c6c(cccc6n4-c4ccccc4)C54c5ccccc5-c5ccccc54)cc3)cc2)cc1. The van der Waals surface area contributed by atoms with E-state index in [0.717, 1.165) is 17.1 Å². The Morgan fingerprint density at radius 1 is 0.295 bits per heavy atom. The number of fused-ring (bicyclic) bond motifs is 7. The molecule has 0 N–H and O–H groups in total. The van der Waals surface area contributed by atoms with E-state index >= 15 is 0 Å². The van der Waals surface area contributed by atoms with Gasteiger partial charge < -0.3 is 9.47 Å². The van der Waals surface area contributed by atoms with Crippen LogP contribution in [-0.2, 0) is 5.41 Å². The molecular weight excluding hydrogens is 737 g/mol. The zero-order chi connectivity index (χ0) is 40.1. The van der Waals surface area contributed by atoms with Crippen molar-refractivity contribution in [1.29, 1.82) is 0 Å². The number of hydrogen-bond donors (Lipinski definition) is 0. The summed E-state index contributed by atoms with van der Waals surface area (Å²) in [6, 6.07) is 85.0. The van der Waals surface area contributed by atoms with E-state index in [1.54, 1.807) is 0 Å². The standard InChI is InChI=1S/C59H38N2/c1-4-15-42(16-5-1)60(43-17-6-2-7-18-43)45-33-31-40(32-34-45)39-27-29-41(30-28-39)46-35-37-53-56-49(46)36-38-55-58(56)57-52(25-14-26-54(57)61(55)44-19-8-3-9-20-44)59(53)50-23-12-10-21-47(50)48-22-11-13-24-51(48)59/h1-38H. The number of para-hydroxylation sites is 3. The first-order valence-corrected chi connectivity index (χ1v) is 21.2. The highest BCUT2D eigenvalue weighted by atomic mass is 15.1. The van der Waals surface area contributed by atoms with Gasteiger partial charge in [0.15, 0.2) is 0 Å². The highest BCUT2D eigenvalue weighted by Gasteiger charge is 2.50. The molecule has 284 valence electrons. The molecule has 0 bridgehead atoms. The highest BCUT2D eigenvalue weighted by Crippen LogP contribution is 2.62. The Labute approximate surface area is 354 Å². The third kappa shape index (κ3) is 4.73. The molecule has 10 aromatic carbocycles. The van der Waals surface area contributed by atoms with Crippen molar-refractivity contribution in [2.45, 2.75) is 5.41 Å². The third-order valence-electron chi connectivity index (χ3n) is 13.4. The number of aromatic nitrogens is 1. The Hall–Kier alpha value is -7.94. The zero-order valence-corrected chi connectivity index (χ0v) is 33.3. The van der Waals surface area contributed by atoms with Crippen molar-refractivity contribution in [3.05, 3.63) is 253 Å². The van der Waals surface area contributed by atoms with Crippen molar-refractivity contribution < 1.29 is 0 Å². The van der Waals surface area contributed by atoms with Crippen LogP contribution in [0.25, 0.3) is 71.6 Å². The second kappa shape index (κ2) is 13.0. The van der Waals surface area contributed by atoms with Crippen LogP contribution in [0.15, 0.2) is 231 Å². The summed E-state index contributed by atoms with van der Waals surface area (Å²) in [6.07, 6.45) is 0. The van der Waals surface area contributed by atoms with E-state index in [0.29, 0.717) is 0 Å². The van der Waals surface area contributed by atoms with Crippen LogP contribution in [0.1, 0.15) is 22.3 Å². The fourth-order valence-electron chi connectivity index (χ4n) is 10.9. The fraction of sp³-hybridized carbons (Fsp3) is 0.0169. The summed E-state index contributed by atoms with van der Waals surface area (Å²) in [5.74, 6) is 0. The molecule has 0 radical (unpaired) electrons. The molecule has 1 aromatic heterocycles. The van der Waals surface area contributed by atoms with Gasteiger partial charge in [-0.25, -0.2) is 0 Å². The molecule has 1 heterocycles. The molecule has 2 heteroatoms. The van der Waals surface area contributed by atoms with Gasteiger partial charge in [0.25, 0.3) is 0 Å². The summed E-state index contributed by atoms with van der Waals surface area (Å²) >= 11 is 0. The maximum atomic E-state index is 2.48. The van der Waals surface area contributed by atoms with Gasteiger partial charge in [-0.3, -0.25) is 0 Å². The van der Waals surface area contributed by atoms with Crippen LogP contribution in [0, 0.1) is 0 Å². The molecule has 61 heavy (non-hydrogen) atoms. The van der Waals surface area contributed by atoms with Gasteiger partial charge in [-0.15, -0.1) is 0 Å². The Kier molecular flexibility index (Phi) is 7.26. The van der Waals surface area contributed by atoms with E-state index in [2.05, 4.69) is 240 Å². The lowest BCUT2D eigenvalue weighted by Gasteiger charge is -2.38. The molecule has 2 nitrogen and oxygen atoms in total. The summed E-state index contributed by atoms with van der Waals surface area (Å²) in [5.41, 5.74) is 19.5. The smallest absolute Gasteiger partial charge is 0.0726 e. The van der Waals surface area contributed by atoms with Gasteiger partial charge in [0.1, 0.15) is 0 Å². The van der Waals surface area contributed by atoms with Crippen molar-refractivity contribution in [2.75, 3.05) is 4.90 Å². The highest BCUT2D eigenvalue weighted by molar-refractivity contribution is 6.28. The normalized spacial score (nSPS) is 13.0. The molecule has 0 amide bonds. The predicted octanol–water partition coefficient (Wildman–Crippen LogP) is 15.4. The van der Waals surface area contributed by atoms with Crippen LogP contribution in [0.2, 0.25) is 0 Å². The maximum absolute atomic E-state index is 2.48. The fourth-order valence-corrected chi connectivity index (χ4v) is 10.9. The average Bonchev–Trinajstić information content (AvgIpc) is 3.83. The lowest BCUT2D eigenvalue weighted by atomic mass is 9.63. The quantitative estimate of drug-likeness (QED) is 0.163. The average molecular weight is 775 g/mol. The van der Waals surface area contributed by atoms with Gasteiger partial charge in [-0.1, -0.05) is 170 Å². The van der Waals surface area contributed by atoms with E-state index in [-0.39, 0.29) is 0 Å². The van der Waals surface area contributed by atoms with E-state index in [1.165, 1.54) is 93.9 Å². The van der Waals surface area contributed by atoms with Crippen molar-refractivity contribution in [3.63, 3.8) is 0 Å². The molecule has 11 aromatic rings. The van der Waals surface area contributed by atoms with E-state index in [1.807, 2.05) is 0 Å². The summed E-state index contributed by atoms with van der Waals surface area (Å²) < 4.78 is 2.48. The minimum absolute atomic E-state index is 0.458. The third-order valence-corrected chi connectivity index (χ3v) is 13.4. The van der Waals surface area contributed by atoms with Crippen molar-refractivity contribution in [3.8, 4) is 39.1 Å². The lowest BCUT2D eigenvalue weighted by molar-refractivity contribution is 0.783. The minimum atomic E-state index is -0.458. The molecule has 0 atom stereocenters. The van der Waals surface area contributed by atoms with Crippen LogP contribution < -0.4 is 4.90 Å². The first-order valence-electron chi connectivity index (χ1n) is 21.2. The molecule has 0 aliphatic heterocycles. The number of hydrogen-bond acceptors (Lipinski definition) is 1. The van der Waals surface area contributed by atoms with E-state index in [4.69, 9.17) is 0 Å². The molecule has 0 saturated carbocycles. The Balaban J connectivity index is 0.989. The summed E-state index contributed by atoms with van der Waals surface area (Å²) in [7, 11) is 0. The van der Waals surface area contributed by atoms with Crippen molar-refractivity contribution >= 4 is 49.6 Å². The Morgan fingerprint density at radius 3 is 1.43 bits per heavy atom. The molecule has 0 saturated heterocycles. The van der Waals surface area contributed by atoms with Gasteiger partial charge in [0.2, 0.25) is 0 Å². The van der Waals surface area contributed by atoms with Crippen molar-refractivity contribution in [2.24, 2.45) is 0 Å². The molecule has 2 aliphatic rings. The Bertz CT molecular complexity index is 3410. The number of anilines is 3. The van der Waals surface area contributed by atoms with Gasteiger partial charge in [-0.2, -0.15) is 0 Å². The zero-order valence-electron chi connectivity index (χ0n) is 33.3. The molecular formula is C59H38N2. The first-order chi connectivity index (χ1) is 30.3. The Morgan fingerprint density at radius 2 is 0.787 bits per heavy atom. The topological polar surface area (TPSA) is 8.17 Å². The minimum Gasteiger partial charge on any atom is -0.311 e. The van der Waals surface area contributed by atoms with E-state index < -0.39 is 5.41 Å². The maximum Gasteiger partial charge on any atom is 0.0726 e. The van der Waals surface area contributed by atoms with Gasteiger partial charge >= 0.3 is 0 Å². The van der Waals surface area contributed by atoms with Crippen LogP contribution in [0.3, 0.4) is 0 Å². The van der Waals surface area contributed by atoms with Crippen LogP contribution in [-0.4, -0.2) is 4.57 Å². The molecule has 0 unspecified atom stereocenters. The van der Waals surface area contributed by atoms with Gasteiger partial charge in [0, 0.05) is 33.5 Å². The summed E-state index contributed by atoms with van der Waals surface area (Å²) in [5, 5.41) is 5.32. The second-order valence-corrected chi connectivity index (χ2v) is 16.4. The number of rotatable bonds is 6. The van der Waals surface area contributed by atoms with Gasteiger partial charge in [0.05, 0.1) is 16.4 Å². The molecule has 0 fully saturated rings. The van der Waals surface area contributed by atoms with Crippen LogP contribution in [0.5, 0.6) is 0 Å². The summed E-state index contributed by atoms with van der Waals surface area (Å²) in [6.45, 7) is 0. The predicted molar refractivity (Wildman–Crippen MR) is 255 cm³/mol. The van der Waals surface area contributed by atoms with Crippen molar-refractivity contribution in [1.82, 2.24) is 4.57 Å². The first kappa shape index (κ1) is 34.0. The summed E-state index contributed by atoms with van der Waals surface area (Å²) in [4.78, 5) is 2.31.